The second kappa shape index (κ2) is 12.6. The standard InChI is InChI=1S/C24H32N2O6/c1-16(2)9-8-12-32-22-14-19(18(23(28)31-4)13-21(22)30-3)25-24(29)26-20(15-27)17-10-6-5-7-11-17/h5-7,10-11,13-14,16,20,27H,8-9,12,15H2,1-4H3,(H2,25,26,29)/t20-/m0/s1. The van der Waals surface area contributed by atoms with Gasteiger partial charge in [-0.05, 0) is 24.3 Å². The third-order valence-corrected chi connectivity index (χ3v) is 4.83. The average molecular weight is 445 g/mol. The van der Waals surface area contributed by atoms with E-state index >= 15 is 0 Å². The van der Waals surface area contributed by atoms with Gasteiger partial charge in [0.15, 0.2) is 11.5 Å². The van der Waals surface area contributed by atoms with Crippen LogP contribution in [0.4, 0.5) is 10.5 Å². The maximum Gasteiger partial charge on any atom is 0.340 e. The molecule has 2 aromatic carbocycles. The lowest BCUT2D eigenvalue weighted by Crippen LogP contribution is -2.34. The normalized spacial score (nSPS) is 11.6. The van der Waals surface area contributed by atoms with Crippen molar-refractivity contribution in [3.8, 4) is 11.5 Å². The largest absolute Gasteiger partial charge is 0.493 e. The Morgan fingerprint density at radius 2 is 1.78 bits per heavy atom. The summed E-state index contributed by atoms with van der Waals surface area (Å²) in [5, 5.41) is 15.1. The SMILES string of the molecule is COC(=O)c1cc(OC)c(OCCCC(C)C)cc1NC(=O)N[C@@H](CO)c1ccccc1. The van der Waals surface area contributed by atoms with Crippen LogP contribution in [-0.4, -0.2) is 44.5 Å². The Morgan fingerprint density at radius 1 is 1.06 bits per heavy atom. The van der Waals surface area contributed by atoms with E-state index in [0.29, 0.717) is 24.0 Å². The van der Waals surface area contributed by atoms with Gasteiger partial charge < -0.3 is 30.0 Å². The van der Waals surface area contributed by atoms with Crippen LogP contribution in [-0.2, 0) is 4.74 Å². The van der Waals surface area contributed by atoms with Gasteiger partial charge in [-0.15, -0.1) is 0 Å². The number of anilines is 1. The van der Waals surface area contributed by atoms with Crippen molar-refractivity contribution in [2.45, 2.75) is 32.7 Å². The fraction of sp³-hybridized carbons (Fsp3) is 0.417. The predicted octanol–water partition coefficient (Wildman–Crippen LogP) is 4.15. The fourth-order valence-corrected chi connectivity index (χ4v) is 3.12. The molecular weight excluding hydrogens is 412 g/mol. The van der Waals surface area contributed by atoms with Gasteiger partial charge in [0, 0.05) is 12.1 Å². The van der Waals surface area contributed by atoms with E-state index in [2.05, 4.69) is 24.5 Å². The number of ether oxygens (including phenoxy) is 3. The summed E-state index contributed by atoms with van der Waals surface area (Å²) in [4.78, 5) is 25.0. The van der Waals surface area contributed by atoms with Gasteiger partial charge in [-0.2, -0.15) is 0 Å². The number of hydrogen-bond acceptors (Lipinski definition) is 6. The third-order valence-electron chi connectivity index (χ3n) is 4.83. The molecule has 0 aliphatic carbocycles. The van der Waals surface area contributed by atoms with Crippen LogP contribution in [0, 0.1) is 5.92 Å². The molecule has 0 heterocycles. The van der Waals surface area contributed by atoms with Gasteiger partial charge in [0.2, 0.25) is 0 Å². The van der Waals surface area contributed by atoms with Crippen LogP contribution >= 0.6 is 0 Å². The summed E-state index contributed by atoms with van der Waals surface area (Å²) in [6.45, 7) is 4.47. The number of aliphatic hydroxyl groups excluding tert-OH is 1. The molecule has 0 aliphatic rings. The summed E-state index contributed by atoms with van der Waals surface area (Å²) < 4.78 is 16.1. The zero-order valence-electron chi connectivity index (χ0n) is 19.0. The van der Waals surface area contributed by atoms with Crippen LogP contribution in [0.5, 0.6) is 11.5 Å². The van der Waals surface area contributed by atoms with Gasteiger partial charge in [-0.25, -0.2) is 9.59 Å². The molecule has 0 unspecified atom stereocenters. The molecule has 0 saturated heterocycles. The van der Waals surface area contributed by atoms with Crippen LogP contribution in [0.3, 0.4) is 0 Å². The van der Waals surface area contributed by atoms with Crippen molar-refractivity contribution in [1.82, 2.24) is 5.32 Å². The monoisotopic (exact) mass is 444 g/mol. The van der Waals surface area contributed by atoms with Crippen molar-refractivity contribution in [1.29, 1.82) is 0 Å². The molecule has 174 valence electrons. The molecule has 32 heavy (non-hydrogen) atoms. The summed E-state index contributed by atoms with van der Waals surface area (Å²) in [7, 11) is 2.73. The Hall–Kier alpha value is -3.26. The molecule has 0 radical (unpaired) electrons. The van der Waals surface area contributed by atoms with Crippen molar-refractivity contribution >= 4 is 17.7 Å². The minimum Gasteiger partial charge on any atom is -0.493 e. The molecule has 2 rings (SSSR count). The molecule has 0 fully saturated rings. The smallest absolute Gasteiger partial charge is 0.340 e. The number of amides is 2. The van der Waals surface area contributed by atoms with Gasteiger partial charge in [0.25, 0.3) is 0 Å². The quantitative estimate of drug-likeness (QED) is 0.355. The topological polar surface area (TPSA) is 106 Å². The number of urea groups is 1. The number of benzene rings is 2. The molecule has 0 aliphatic heterocycles. The highest BCUT2D eigenvalue weighted by Gasteiger charge is 2.21. The summed E-state index contributed by atoms with van der Waals surface area (Å²) in [6.07, 6.45) is 1.87. The Balaban J connectivity index is 2.23. The molecule has 2 amide bonds. The molecule has 0 aromatic heterocycles. The molecule has 8 nitrogen and oxygen atoms in total. The lowest BCUT2D eigenvalue weighted by molar-refractivity contribution is 0.0601. The Kier molecular flexibility index (Phi) is 9.81. The molecule has 8 heteroatoms. The molecule has 0 bridgehead atoms. The Labute approximate surface area is 188 Å². The Morgan fingerprint density at radius 3 is 2.38 bits per heavy atom. The number of nitrogens with one attached hydrogen (secondary N) is 2. The van der Waals surface area contributed by atoms with Crippen LogP contribution in [0.15, 0.2) is 42.5 Å². The van der Waals surface area contributed by atoms with Crippen LogP contribution in [0.2, 0.25) is 0 Å². The minimum atomic E-state index is -0.633. The zero-order chi connectivity index (χ0) is 23.5. The first-order valence-electron chi connectivity index (χ1n) is 10.6. The van der Waals surface area contributed by atoms with Crippen LogP contribution in [0.1, 0.15) is 48.7 Å². The van der Waals surface area contributed by atoms with Gasteiger partial charge in [-0.3, -0.25) is 0 Å². The van der Waals surface area contributed by atoms with Crippen molar-refractivity contribution in [2.75, 3.05) is 32.8 Å². The lowest BCUT2D eigenvalue weighted by Gasteiger charge is -2.19. The maximum atomic E-state index is 12.7. The highest BCUT2D eigenvalue weighted by atomic mass is 16.5. The van der Waals surface area contributed by atoms with E-state index < -0.39 is 18.0 Å². The first kappa shape index (κ1) is 25.0. The maximum absolute atomic E-state index is 12.7. The van der Waals surface area contributed by atoms with Crippen molar-refractivity contribution < 1.29 is 28.9 Å². The average Bonchev–Trinajstić information content (AvgIpc) is 2.80. The van der Waals surface area contributed by atoms with E-state index in [4.69, 9.17) is 14.2 Å². The molecule has 0 spiro atoms. The van der Waals surface area contributed by atoms with Gasteiger partial charge in [0.1, 0.15) is 0 Å². The lowest BCUT2D eigenvalue weighted by atomic mass is 10.1. The van der Waals surface area contributed by atoms with Crippen molar-refractivity contribution in [3.63, 3.8) is 0 Å². The second-order valence-electron chi connectivity index (χ2n) is 7.67. The number of esters is 1. The van der Waals surface area contributed by atoms with Crippen LogP contribution in [0.25, 0.3) is 0 Å². The minimum absolute atomic E-state index is 0.120. The molecule has 0 saturated carbocycles. The van der Waals surface area contributed by atoms with E-state index in [1.165, 1.54) is 26.4 Å². The Bertz CT molecular complexity index is 886. The van der Waals surface area contributed by atoms with Crippen LogP contribution < -0.4 is 20.1 Å². The first-order chi connectivity index (χ1) is 15.4. The summed E-state index contributed by atoms with van der Waals surface area (Å²) in [5.74, 6) is 0.693. The van der Waals surface area contributed by atoms with Gasteiger partial charge >= 0.3 is 12.0 Å². The first-order valence-corrected chi connectivity index (χ1v) is 10.6. The van der Waals surface area contributed by atoms with Crippen molar-refractivity contribution in [3.05, 3.63) is 53.6 Å². The van der Waals surface area contributed by atoms with E-state index in [-0.39, 0.29) is 17.9 Å². The highest BCUT2D eigenvalue weighted by Crippen LogP contribution is 2.34. The summed E-state index contributed by atoms with van der Waals surface area (Å²) in [6, 6.07) is 10.9. The second-order valence-corrected chi connectivity index (χ2v) is 7.67. The van der Waals surface area contributed by atoms with Gasteiger partial charge in [-0.1, -0.05) is 44.2 Å². The number of carbonyl (C=O) groups is 2. The number of rotatable bonds is 11. The molecule has 3 N–H and O–H groups in total. The third kappa shape index (κ3) is 7.16. The number of carbonyl (C=O) groups excluding carboxylic acids is 2. The highest BCUT2D eigenvalue weighted by molar-refractivity contribution is 6.01. The number of aliphatic hydroxyl groups is 1. The number of hydrogen-bond donors (Lipinski definition) is 3. The summed E-state index contributed by atoms with van der Waals surface area (Å²) in [5.41, 5.74) is 1.08. The zero-order valence-corrected chi connectivity index (χ0v) is 19.0. The molecule has 2 aromatic rings. The predicted molar refractivity (Wildman–Crippen MR) is 122 cm³/mol. The summed E-state index contributed by atoms with van der Waals surface area (Å²) >= 11 is 0. The molecular formula is C24H32N2O6. The fourth-order valence-electron chi connectivity index (χ4n) is 3.12. The van der Waals surface area contributed by atoms with Crippen molar-refractivity contribution in [2.24, 2.45) is 5.92 Å². The van der Waals surface area contributed by atoms with E-state index in [1.807, 2.05) is 18.2 Å². The van der Waals surface area contributed by atoms with E-state index in [0.717, 1.165) is 18.4 Å². The van der Waals surface area contributed by atoms with Gasteiger partial charge in [0.05, 0.1) is 44.7 Å². The molecule has 1 atom stereocenters. The van der Waals surface area contributed by atoms with E-state index in [9.17, 15) is 14.7 Å². The number of methoxy groups -OCH3 is 2. The van der Waals surface area contributed by atoms with E-state index in [1.54, 1.807) is 12.1 Å².